The highest BCUT2D eigenvalue weighted by molar-refractivity contribution is 6.30. The van der Waals surface area contributed by atoms with Crippen LogP contribution in [0.4, 0.5) is 0 Å². The van der Waals surface area contributed by atoms with Crippen LogP contribution < -0.4 is 5.32 Å². The van der Waals surface area contributed by atoms with Gasteiger partial charge in [-0.15, -0.1) is 0 Å². The van der Waals surface area contributed by atoms with E-state index in [1.807, 2.05) is 17.0 Å². The number of carbonyl (C=O) groups is 2. The summed E-state index contributed by atoms with van der Waals surface area (Å²) in [4.78, 5) is 31.4. The second-order valence-electron chi connectivity index (χ2n) is 6.83. The number of hydrogen-bond acceptors (Lipinski definition) is 3. The highest BCUT2D eigenvalue weighted by Gasteiger charge is 2.26. The predicted octanol–water partition coefficient (Wildman–Crippen LogP) is 4.07. The molecule has 0 radical (unpaired) electrons. The van der Waals surface area contributed by atoms with Crippen molar-refractivity contribution in [3.8, 4) is 0 Å². The number of rotatable bonds is 5. The smallest absolute Gasteiger partial charge is 0.255 e. The molecule has 1 aromatic carbocycles. The fourth-order valence-electron chi connectivity index (χ4n) is 3.43. The van der Waals surface area contributed by atoms with E-state index in [9.17, 15) is 9.59 Å². The van der Waals surface area contributed by atoms with Gasteiger partial charge in [-0.2, -0.15) is 0 Å². The molecule has 1 N–H and O–H groups in total. The molecular formula is C21H24ClN3O2. The van der Waals surface area contributed by atoms with Crippen LogP contribution in [0.5, 0.6) is 0 Å². The number of aromatic nitrogens is 1. The highest BCUT2D eigenvalue weighted by Crippen LogP contribution is 2.22. The molecule has 142 valence electrons. The molecular weight excluding hydrogens is 362 g/mol. The molecule has 6 heteroatoms. The zero-order chi connectivity index (χ0) is 19.2. The van der Waals surface area contributed by atoms with Crippen LogP contribution in [0.1, 0.15) is 58.9 Å². The summed E-state index contributed by atoms with van der Waals surface area (Å²) >= 11 is 5.87. The monoisotopic (exact) mass is 385 g/mol. The first-order chi connectivity index (χ1) is 13.1. The number of pyridine rings is 1. The van der Waals surface area contributed by atoms with Crippen molar-refractivity contribution in [2.75, 3.05) is 6.54 Å². The molecule has 1 saturated heterocycles. The summed E-state index contributed by atoms with van der Waals surface area (Å²) in [6.45, 7) is 3.26. The van der Waals surface area contributed by atoms with Gasteiger partial charge in [-0.1, -0.05) is 30.7 Å². The molecule has 2 aromatic rings. The van der Waals surface area contributed by atoms with E-state index in [0.29, 0.717) is 22.7 Å². The summed E-state index contributed by atoms with van der Waals surface area (Å²) in [5.41, 5.74) is 1.81. The molecule has 0 spiro atoms. The molecule has 27 heavy (non-hydrogen) atoms. The predicted molar refractivity (Wildman–Crippen MR) is 106 cm³/mol. The normalized spacial score (nSPS) is 16.8. The first-order valence-electron chi connectivity index (χ1n) is 9.37. The third kappa shape index (κ3) is 4.86. The third-order valence-electron chi connectivity index (χ3n) is 4.97. The van der Waals surface area contributed by atoms with Gasteiger partial charge < -0.3 is 10.2 Å². The summed E-state index contributed by atoms with van der Waals surface area (Å²) < 4.78 is 0. The van der Waals surface area contributed by atoms with Gasteiger partial charge in [-0.3, -0.25) is 14.6 Å². The first kappa shape index (κ1) is 19.4. The van der Waals surface area contributed by atoms with E-state index in [4.69, 9.17) is 11.6 Å². The number of nitrogens with one attached hydrogen (secondary N) is 1. The lowest BCUT2D eigenvalue weighted by atomic mass is 9.99. The highest BCUT2D eigenvalue weighted by atomic mass is 35.5. The van der Waals surface area contributed by atoms with Crippen LogP contribution in [0.25, 0.3) is 0 Å². The number of carbonyl (C=O) groups excluding carboxylic acids is 2. The SMILES string of the molecule is CCC1CCCCN1C(=O)c1cncc(C(=O)NCc2ccc(Cl)cc2)c1. The Bertz CT molecular complexity index is 807. The number of benzene rings is 1. The van der Waals surface area contributed by atoms with E-state index in [1.54, 1.807) is 24.4 Å². The van der Waals surface area contributed by atoms with Gasteiger partial charge in [0, 0.05) is 36.5 Å². The van der Waals surface area contributed by atoms with Crippen LogP contribution in [0.3, 0.4) is 0 Å². The molecule has 1 atom stereocenters. The van der Waals surface area contributed by atoms with Crippen LogP contribution in [0.2, 0.25) is 5.02 Å². The van der Waals surface area contributed by atoms with Crippen LogP contribution in [0.15, 0.2) is 42.7 Å². The zero-order valence-electron chi connectivity index (χ0n) is 15.5. The van der Waals surface area contributed by atoms with E-state index < -0.39 is 0 Å². The van der Waals surface area contributed by atoms with Crippen molar-refractivity contribution in [2.24, 2.45) is 0 Å². The van der Waals surface area contributed by atoms with Crippen LogP contribution in [-0.2, 0) is 6.54 Å². The van der Waals surface area contributed by atoms with Crippen molar-refractivity contribution in [3.63, 3.8) is 0 Å². The topological polar surface area (TPSA) is 62.3 Å². The van der Waals surface area contributed by atoms with Gasteiger partial charge in [0.15, 0.2) is 0 Å². The average molecular weight is 386 g/mol. The second-order valence-corrected chi connectivity index (χ2v) is 7.26. The molecule has 1 aliphatic heterocycles. The van der Waals surface area contributed by atoms with E-state index in [2.05, 4.69) is 17.2 Å². The van der Waals surface area contributed by atoms with Gasteiger partial charge in [0.05, 0.1) is 11.1 Å². The molecule has 2 heterocycles. The van der Waals surface area contributed by atoms with Gasteiger partial charge in [0.1, 0.15) is 0 Å². The molecule has 1 fully saturated rings. The standard InChI is InChI=1S/C21H24ClN3O2/c1-2-19-5-3-4-10-25(19)21(27)17-11-16(13-23-14-17)20(26)24-12-15-6-8-18(22)9-7-15/h6-9,11,13-14,19H,2-5,10,12H2,1H3,(H,24,26). The van der Waals surface area contributed by atoms with Crippen molar-refractivity contribution in [1.29, 1.82) is 0 Å². The number of nitrogens with zero attached hydrogens (tertiary/aromatic N) is 2. The number of halogens is 1. The molecule has 1 aromatic heterocycles. The summed E-state index contributed by atoms with van der Waals surface area (Å²) in [7, 11) is 0. The Morgan fingerprint density at radius 1 is 1.19 bits per heavy atom. The summed E-state index contributed by atoms with van der Waals surface area (Å²) in [5, 5.41) is 3.51. The summed E-state index contributed by atoms with van der Waals surface area (Å²) in [6.07, 6.45) is 7.20. The van der Waals surface area contributed by atoms with E-state index in [-0.39, 0.29) is 17.9 Å². The van der Waals surface area contributed by atoms with Crippen molar-refractivity contribution in [1.82, 2.24) is 15.2 Å². The van der Waals surface area contributed by atoms with Gasteiger partial charge in [0.2, 0.25) is 0 Å². The lowest BCUT2D eigenvalue weighted by Gasteiger charge is -2.35. The minimum atomic E-state index is -0.252. The van der Waals surface area contributed by atoms with Crippen LogP contribution >= 0.6 is 11.6 Å². The minimum Gasteiger partial charge on any atom is -0.348 e. The lowest BCUT2D eigenvalue weighted by Crippen LogP contribution is -2.43. The lowest BCUT2D eigenvalue weighted by molar-refractivity contribution is 0.0607. The van der Waals surface area contributed by atoms with E-state index in [1.165, 1.54) is 6.20 Å². The van der Waals surface area contributed by atoms with Crippen LogP contribution in [-0.4, -0.2) is 34.3 Å². The van der Waals surface area contributed by atoms with Crippen molar-refractivity contribution in [3.05, 3.63) is 64.4 Å². The molecule has 0 aliphatic carbocycles. The Kier molecular flexibility index (Phi) is 6.45. The summed E-state index contributed by atoms with van der Waals surface area (Å²) in [5.74, 6) is -0.292. The van der Waals surface area contributed by atoms with E-state index in [0.717, 1.165) is 37.8 Å². The molecule has 1 aliphatic rings. The summed E-state index contributed by atoms with van der Waals surface area (Å²) in [6, 6.07) is 9.20. The Balaban J connectivity index is 1.67. The Morgan fingerprint density at radius 2 is 1.93 bits per heavy atom. The Hall–Kier alpha value is -2.40. The molecule has 3 rings (SSSR count). The van der Waals surface area contributed by atoms with Crippen molar-refractivity contribution >= 4 is 23.4 Å². The molecule has 0 bridgehead atoms. The number of amides is 2. The van der Waals surface area contributed by atoms with Gasteiger partial charge in [0.25, 0.3) is 11.8 Å². The maximum absolute atomic E-state index is 12.9. The van der Waals surface area contributed by atoms with E-state index >= 15 is 0 Å². The van der Waals surface area contributed by atoms with Crippen LogP contribution in [0, 0.1) is 0 Å². The van der Waals surface area contributed by atoms with Gasteiger partial charge in [-0.05, 0) is 49.4 Å². The van der Waals surface area contributed by atoms with Crippen molar-refractivity contribution < 1.29 is 9.59 Å². The third-order valence-corrected chi connectivity index (χ3v) is 5.22. The number of hydrogen-bond donors (Lipinski definition) is 1. The first-order valence-corrected chi connectivity index (χ1v) is 9.75. The Morgan fingerprint density at radius 3 is 2.67 bits per heavy atom. The zero-order valence-corrected chi connectivity index (χ0v) is 16.2. The molecule has 1 unspecified atom stereocenters. The van der Waals surface area contributed by atoms with Gasteiger partial charge >= 0.3 is 0 Å². The van der Waals surface area contributed by atoms with Crippen molar-refractivity contribution in [2.45, 2.75) is 45.2 Å². The quantitative estimate of drug-likeness (QED) is 0.843. The number of likely N-dealkylation sites (tertiary alicyclic amines) is 1. The average Bonchev–Trinajstić information content (AvgIpc) is 2.72. The van der Waals surface area contributed by atoms with Gasteiger partial charge in [-0.25, -0.2) is 0 Å². The minimum absolute atomic E-state index is 0.0404. The second kappa shape index (κ2) is 9.00. The molecule has 0 saturated carbocycles. The molecule has 2 amide bonds. The maximum atomic E-state index is 12.9. The Labute approximate surface area is 164 Å². The fraction of sp³-hybridized carbons (Fsp3) is 0.381. The maximum Gasteiger partial charge on any atom is 0.255 e. The fourth-order valence-corrected chi connectivity index (χ4v) is 3.55. The molecule has 5 nitrogen and oxygen atoms in total. The largest absolute Gasteiger partial charge is 0.348 e. The number of piperidine rings is 1.